The van der Waals surface area contributed by atoms with Gasteiger partial charge >= 0.3 is 0 Å². The maximum absolute atomic E-state index is 6.23. The van der Waals surface area contributed by atoms with Crippen molar-refractivity contribution in [2.75, 3.05) is 6.54 Å². The molecule has 0 saturated heterocycles. The molecule has 2 aromatic rings. The minimum Gasteiger partial charge on any atom is -0.348 e. The highest BCUT2D eigenvalue weighted by Crippen LogP contribution is 2.45. The van der Waals surface area contributed by atoms with E-state index in [9.17, 15) is 0 Å². The van der Waals surface area contributed by atoms with Crippen molar-refractivity contribution in [3.05, 3.63) is 35.0 Å². The number of nitrogens with zero attached hydrogens (tertiary/aromatic N) is 1. The molecule has 2 nitrogen and oxygen atoms in total. The van der Waals surface area contributed by atoms with Crippen molar-refractivity contribution in [1.82, 2.24) is 4.57 Å². The molecule has 1 heterocycles. The second-order valence-electron chi connectivity index (χ2n) is 6.42. The van der Waals surface area contributed by atoms with Crippen LogP contribution in [0.25, 0.3) is 10.9 Å². The van der Waals surface area contributed by atoms with E-state index in [0.29, 0.717) is 0 Å². The van der Waals surface area contributed by atoms with Crippen LogP contribution in [0.2, 0.25) is 0 Å². The molecule has 1 fully saturated rings. The van der Waals surface area contributed by atoms with Crippen LogP contribution in [0.1, 0.15) is 49.4 Å². The molecule has 0 radical (unpaired) electrons. The molecule has 2 N–H and O–H groups in total. The molecule has 1 aliphatic rings. The van der Waals surface area contributed by atoms with Crippen molar-refractivity contribution in [2.24, 2.45) is 12.8 Å². The summed E-state index contributed by atoms with van der Waals surface area (Å²) in [6, 6.07) is 6.94. The van der Waals surface area contributed by atoms with Crippen LogP contribution >= 0.6 is 0 Å². The van der Waals surface area contributed by atoms with Gasteiger partial charge in [-0.1, -0.05) is 25.8 Å². The van der Waals surface area contributed by atoms with Gasteiger partial charge < -0.3 is 10.3 Å². The average Bonchev–Trinajstić information content (AvgIpc) is 3.04. The van der Waals surface area contributed by atoms with Gasteiger partial charge in [0.25, 0.3) is 0 Å². The van der Waals surface area contributed by atoms with Crippen LogP contribution in [0, 0.1) is 6.92 Å². The molecular formula is C18H26N2. The van der Waals surface area contributed by atoms with E-state index in [1.165, 1.54) is 53.4 Å². The fourth-order valence-electron chi connectivity index (χ4n) is 4.12. The van der Waals surface area contributed by atoms with Crippen molar-refractivity contribution in [2.45, 2.75) is 51.4 Å². The van der Waals surface area contributed by atoms with Crippen molar-refractivity contribution in [3.63, 3.8) is 0 Å². The third kappa shape index (κ3) is 1.81. The zero-order valence-corrected chi connectivity index (χ0v) is 13.0. The Kier molecular flexibility index (Phi) is 3.37. The van der Waals surface area contributed by atoms with Gasteiger partial charge in [-0.3, -0.25) is 0 Å². The molecule has 0 unspecified atom stereocenters. The van der Waals surface area contributed by atoms with Crippen LogP contribution in [0.4, 0.5) is 0 Å². The Hall–Kier alpha value is -1.28. The molecule has 1 aliphatic carbocycles. The number of hydrogen-bond donors (Lipinski definition) is 1. The van der Waals surface area contributed by atoms with Crippen molar-refractivity contribution in [3.8, 4) is 0 Å². The van der Waals surface area contributed by atoms with Crippen molar-refractivity contribution < 1.29 is 0 Å². The minimum absolute atomic E-state index is 0.218. The summed E-state index contributed by atoms with van der Waals surface area (Å²) in [7, 11) is 2.19. The number of nitrogens with two attached hydrogens (primary N) is 1. The predicted molar refractivity (Wildman–Crippen MR) is 86.2 cm³/mol. The van der Waals surface area contributed by atoms with Crippen molar-refractivity contribution >= 4 is 10.9 Å². The number of fused-ring (bicyclic) bond motifs is 1. The third-order valence-corrected chi connectivity index (χ3v) is 5.45. The van der Waals surface area contributed by atoms with Crippen LogP contribution < -0.4 is 5.73 Å². The van der Waals surface area contributed by atoms with E-state index in [4.69, 9.17) is 5.73 Å². The Morgan fingerprint density at radius 3 is 2.55 bits per heavy atom. The van der Waals surface area contributed by atoms with Gasteiger partial charge in [0, 0.05) is 35.6 Å². The first-order chi connectivity index (χ1) is 9.63. The van der Waals surface area contributed by atoms with Gasteiger partial charge in [-0.25, -0.2) is 0 Å². The van der Waals surface area contributed by atoms with E-state index in [1.54, 1.807) is 0 Å². The molecule has 3 rings (SSSR count). The first-order valence-corrected chi connectivity index (χ1v) is 7.91. The molecule has 108 valence electrons. The number of aryl methyl sites for hydroxylation is 2. The first kappa shape index (κ1) is 13.7. The van der Waals surface area contributed by atoms with Gasteiger partial charge in [0.05, 0.1) is 0 Å². The molecule has 1 aromatic carbocycles. The molecule has 0 aliphatic heterocycles. The monoisotopic (exact) mass is 270 g/mol. The van der Waals surface area contributed by atoms with Crippen molar-refractivity contribution in [1.29, 1.82) is 0 Å². The molecule has 2 heteroatoms. The fourth-order valence-corrected chi connectivity index (χ4v) is 4.12. The zero-order chi connectivity index (χ0) is 14.3. The second kappa shape index (κ2) is 4.92. The van der Waals surface area contributed by atoms with Crippen LogP contribution in [-0.2, 0) is 18.9 Å². The van der Waals surface area contributed by atoms with E-state index >= 15 is 0 Å². The van der Waals surface area contributed by atoms with Gasteiger partial charge in [0.2, 0.25) is 0 Å². The maximum atomic E-state index is 6.23. The minimum atomic E-state index is 0.218. The lowest BCUT2D eigenvalue weighted by atomic mass is 9.77. The summed E-state index contributed by atoms with van der Waals surface area (Å²) in [4.78, 5) is 0. The molecular weight excluding hydrogens is 244 g/mol. The Morgan fingerprint density at radius 2 is 1.95 bits per heavy atom. The van der Waals surface area contributed by atoms with Gasteiger partial charge in [-0.15, -0.1) is 0 Å². The Bertz CT molecular complexity index is 630. The Morgan fingerprint density at radius 1 is 1.25 bits per heavy atom. The van der Waals surface area contributed by atoms with Crippen LogP contribution in [0.3, 0.4) is 0 Å². The Labute approximate surface area is 122 Å². The summed E-state index contributed by atoms with van der Waals surface area (Å²) >= 11 is 0. The molecule has 1 saturated carbocycles. The predicted octanol–water partition coefficient (Wildman–Crippen LogP) is 3.82. The Balaban J connectivity index is 2.30. The molecule has 1 aromatic heterocycles. The third-order valence-electron chi connectivity index (χ3n) is 5.45. The summed E-state index contributed by atoms with van der Waals surface area (Å²) in [6.07, 6.45) is 6.24. The largest absolute Gasteiger partial charge is 0.348 e. The SMILES string of the molecule is CCc1ccc2c(c1)c(C1(CN)CCCC1)c(C)n2C. The highest BCUT2D eigenvalue weighted by Gasteiger charge is 2.38. The number of benzene rings is 1. The quantitative estimate of drug-likeness (QED) is 0.903. The number of hydrogen-bond acceptors (Lipinski definition) is 1. The smallest absolute Gasteiger partial charge is 0.0483 e. The summed E-state index contributed by atoms with van der Waals surface area (Å²) in [5, 5.41) is 1.44. The van der Waals surface area contributed by atoms with E-state index < -0.39 is 0 Å². The summed E-state index contributed by atoms with van der Waals surface area (Å²) in [5.74, 6) is 0. The highest BCUT2D eigenvalue weighted by molar-refractivity contribution is 5.87. The number of rotatable bonds is 3. The number of aromatic nitrogens is 1. The average molecular weight is 270 g/mol. The second-order valence-corrected chi connectivity index (χ2v) is 6.42. The standard InChI is InChI=1S/C18H26N2/c1-4-14-7-8-16-15(11-14)17(13(2)20(16)3)18(12-19)9-5-6-10-18/h7-8,11H,4-6,9-10,12,19H2,1-3H3. The van der Waals surface area contributed by atoms with Gasteiger partial charge in [0.15, 0.2) is 0 Å². The summed E-state index contributed by atoms with van der Waals surface area (Å²) in [5.41, 5.74) is 12.2. The van der Waals surface area contributed by atoms with E-state index in [0.717, 1.165) is 13.0 Å². The summed E-state index contributed by atoms with van der Waals surface area (Å²) < 4.78 is 2.35. The molecule has 0 spiro atoms. The van der Waals surface area contributed by atoms with Gasteiger partial charge in [0.1, 0.15) is 0 Å². The fraction of sp³-hybridized carbons (Fsp3) is 0.556. The molecule has 0 amide bonds. The van der Waals surface area contributed by atoms with Crippen LogP contribution in [0.5, 0.6) is 0 Å². The van der Waals surface area contributed by atoms with E-state index in [1.807, 2.05) is 0 Å². The lowest BCUT2D eigenvalue weighted by molar-refractivity contribution is 0.453. The van der Waals surface area contributed by atoms with Crippen LogP contribution in [0.15, 0.2) is 18.2 Å². The van der Waals surface area contributed by atoms with Crippen LogP contribution in [-0.4, -0.2) is 11.1 Å². The lowest BCUT2D eigenvalue weighted by Gasteiger charge is -2.28. The topological polar surface area (TPSA) is 30.9 Å². The van der Waals surface area contributed by atoms with Gasteiger partial charge in [-0.2, -0.15) is 0 Å². The summed E-state index contributed by atoms with van der Waals surface area (Å²) in [6.45, 7) is 5.27. The first-order valence-electron chi connectivity index (χ1n) is 7.91. The van der Waals surface area contributed by atoms with E-state index in [-0.39, 0.29) is 5.41 Å². The lowest BCUT2D eigenvalue weighted by Crippen LogP contribution is -2.32. The maximum Gasteiger partial charge on any atom is 0.0483 e. The normalized spacial score (nSPS) is 18.0. The van der Waals surface area contributed by atoms with Gasteiger partial charge in [-0.05, 0) is 49.4 Å². The molecule has 0 bridgehead atoms. The van der Waals surface area contributed by atoms with E-state index in [2.05, 4.69) is 43.7 Å². The highest BCUT2D eigenvalue weighted by atomic mass is 14.9. The zero-order valence-electron chi connectivity index (χ0n) is 13.0. The molecule has 0 atom stereocenters. The molecule has 20 heavy (non-hydrogen) atoms.